The molecule has 1 aliphatic heterocycles. The van der Waals surface area contributed by atoms with E-state index in [1.165, 1.54) is 11.3 Å². The van der Waals surface area contributed by atoms with E-state index in [2.05, 4.69) is 15.2 Å². The zero-order chi connectivity index (χ0) is 22.3. The molecule has 0 bridgehead atoms. The molecular formula is C23H27N3O5S. The molecule has 1 aromatic carbocycles. The number of hydrogen-bond donors (Lipinski definition) is 1. The van der Waals surface area contributed by atoms with Gasteiger partial charge in [-0.1, -0.05) is 6.07 Å². The molecule has 9 heteroatoms. The van der Waals surface area contributed by atoms with Crippen molar-refractivity contribution in [2.45, 2.75) is 12.5 Å². The van der Waals surface area contributed by atoms with E-state index in [4.69, 9.17) is 18.6 Å². The fourth-order valence-electron chi connectivity index (χ4n) is 3.75. The number of rotatable bonds is 9. The second kappa shape index (κ2) is 10.6. The molecule has 0 radical (unpaired) electrons. The highest BCUT2D eigenvalue weighted by atomic mass is 32.1. The number of nitrogens with one attached hydrogen (secondary N) is 1. The summed E-state index contributed by atoms with van der Waals surface area (Å²) in [5, 5.41) is 5.75. The number of ether oxygens (including phenoxy) is 3. The minimum Gasteiger partial charge on any atom is -0.493 e. The van der Waals surface area contributed by atoms with Gasteiger partial charge in [-0.25, -0.2) is 4.98 Å². The lowest BCUT2D eigenvalue weighted by Crippen LogP contribution is -2.44. The van der Waals surface area contributed by atoms with Crippen molar-refractivity contribution in [3.63, 3.8) is 0 Å². The highest BCUT2D eigenvalue weighted by molar-refractivity contribution is 7.13. The smallest absolute Gasteiger partial charge is 0.226 e. The first-order chi connectivity index (χ1) is 15.7. The number of methoxy groups -OCH3 is 2. The average Bonchev–Trinajstić information content (AvgIpc) is 3.52. The van der Waals surface area contributed by atoms with Crippen LogP contribution in [0.5, 0.6) is 11.5 Å². The molecule has 4 rings (SSSR count). The first kappa shape index (κ1) is 22.3. The standard InChI is InChI=1S/C23H27N3O5S/c1-28-19-6-5-16(12-21(19)29-2)18(26-7-10-30-11-8-26)14-24-22(27)13-17-15-32-23(25-17)20-4-3-9-31-20/h3-6,9,12,15,18H,7-8,10-11,13-14H2,1-2H3,(H,24,27). The molecule has 1 aliphatic rings. The predicted molar refractivity (Wildman–Crippen MR) is 121 cm³/mol. The van der Waals surface area contributed by atoms with Gasteiger partial charge in [-0.15, -0.1) is 11.3 Å². The molecule has 3 heterocycles. The van der Waals surface area contributed by atoms with Crippen molar-refractivity contribution in [1.82, 2.24) is 15.2 Å². The van der Waals surface area contributed by atoms with Crippen molar-refractivity contribution >= 4 is 17.2 Å². The number of carbonyl (C=O) groups is 1. The molecule has 1 amide bonds. The summed E-state index contributed by atoms with van der Waals surface area (Å²) in [6, 6.07) is 9.57. The Morgan fingerprint density at radius 2 is 2.03 bits per heavy atom. The number of benzene rings is 1. The molecule has 32 heavy (non-hydrogen) atoms. The Bertz CT molecular complexity index is 1010. The van der Waals surface area contributed by atoms with Gasteiger partial charge >= 0.3 is 0 Å². The lowest BCUT2D eigenvalue weighted by molar-refractivity contribution is -0.120. The van der Waals surface area contributed by atoms with E-state index in [0.29, 0.717) is 37.0 Å². The summed E-state index contributed by atoms with van der Waals surface area (Å²) in [5.74, 6) is 1.99. The number of nitrogens with zero attached hydrogens (tertiary/aromatic N) is 2. The predicted octanol–water partition coefficient (Wildman–Crippen LogP) is 3.15. The van der Waals surface area contributed by atoms with Crippen molar-refractivity contribution in [2.24, 2.45) is 0 Å². The van der Waals surface area contributed by atoms with Crippen LogP contribution in [0, 0.1) is 0 Å². The molecule has 0 aliphatic carbocycles. The van der Waals surface area contributed by atoms with Crippen LogP contribution in [0.25, 0.3) is 10.8 Å². The maximum Gasteiger partial charge on any atom is 0.226 e. The van der Waals surface area contributed by atoms with Crippen LogP contribution in [-0.2, 0) is 16.0 Å². The Hall–Kier alpha value is -2.88. The second-order valence-corrected chi connectivity index (χ2v) is 8.24. The van der Waals surface area contributed by atoms with E-state index in [0.717, 1.165) is 29.4 Å². The number of carbonyl (C=O) groups excluding carboxylic acids is 1. The first-order valence-electron chi connectivity index (χ1n) is 10.5. The monoisotopic (exact) mass is 457 g/mol. The quantitative estimate of drug-likeness (QED) is 0.528. The Morgan fingerprint density at radius 1 is 1.22 bits per heavy atom. The fourth-order valence-corrected chi connectivity index (χ4v) is 4.53. The SMILES string of the molecule is COc1ccc(C(CNC(=O)Cc2csc(-c3ccco3)n2)N2CCOCC2)cc1OC. The summed E-state index contributed by atoms with van der Waals surface area (Å²) in [4.78, 5) is 19.5. The summed E-state index contributed by atoms with van der Waals surface area (Å²) in [5.41, 5.74) is 1.78. The van der Waals surface area contributed by atoms with Crippen molar-refractivity contribution in [3.8, 4) is 22.3 Å². The van der Waals surface area contributed by atoms with Crippen LogP contribution >= 0.6 is 11.3 Å². The Kier molecular flexibility index (Phi) is 7.41. The molecule has 1 fully saturated rings. The normalized spacial score (nSPS) is 15.3. The van der Waals surface area contributed by atoms with Crippen molar-refractivity contribution < 1.29 is 23.4 Å². The molecule has 0 spiro atoms. The molecule has 1 unspecified atom stereocenters. The van der Waals surface area contributed by atoms with Gasteiger partial charge in [-0.3, -0.25) is 9.69 Å². The molecule has 1 N–H and O–H groups in total. The van der Waals surface area contributed by atoms with Crippen molar-refractivity contribution in [3.05, 3.63) is 53.2 Å². The van der Waals surface area contributed by atoms with Gasteiger partial charge in [-0.05, 0) is 29.8 Å². The minimum atomic E-state index is -0.0694. The third-order valence-electron chi connectivity index (χ3n) is 5.40. The highest BCUT2D eigenvalue weighted by Crippen LogP contribution is 2.32. The van der Waals surface area contributed by atoms with Gasteiger partial charge in [0.2, 0.25) is 5.91 Å². The molecule has 1 saturated heterocycles. The van der Waals surface area contributed by atoms with E-state index in [-0.39, 0.29) is 18.4 Å². The van der Waals surface area contributed by atoms with Gasteiger partial charge in [0.25, 0.3) is 0 Å². The lowest BCUT2D eigenvalue weighted by atomic mass is 10.0. The number of furan rings is 1. The summed E-state index contributed by atoms with van der Waals surface area (Å²) < 4.78 is 21.7. The van der Waals surface area contributed by atoms with Gasteiger partial charge < -0.3 is 23.9 Å². The highest BCUT2D eigenvalue weighted by Gasteiger charge is 2.24. The number of amides is 1. The molecule has 170 valence electrons. The number of aromatic nitrogens is 1. The Labute approximate surface area is 191 Å². The third kappa shape index (κ3) is 5.29. The van der Waals surface area contributed by atoms with Crippen LogP contribution in [0.15, 0.2) is 46.4 Å². The Morgan fingerprint density at radius 3 is 2.75 bits per heavy atom. The van der Waals surface area contributed by atoms with Gasteiger partial charge in [0.1, 0.15) is 0 Å². The Balaban J connectivity index is 1.43. The zero-order valence-electron chi connectivity index (χ0n) is 18.2. The molecule has 8 nitrogen and oxygen atoms in total. The maximum atomic E-state index is 12.7. The van der Waals surface area contributed by atoms with Crippen molar-refractivity contribution in [1.29, 1.82) is 0 Å². The second-order valence-electron chi connectivity index (χ2n) is 7.38. The number of thiazole rings is 1. The van der Waals surface area contributed by atoms with Crippen LogP contribution in [0.4, 0.5) is 0 Å². The number of morpholine rings is 1. The third-order valence-corrected chi connectivity index (χ3v) is 6.30. The molecule has 1 atom stereocenters. The van der Waals surface area contributed by atoms with Crippen LogP contribution in [-0.4, -0.2) is 62.9 Å². The van der Waals surface area contributed by atoms with E-state index >= 15 is 0 Å². The van der Waals surface area contributed by atoms with E-state index in [1.807, 2.05) is 35.7 Å². The van der Waals surface area contributed by atoms with Crippen molar-refractivity contribution in [2.75, 3.05) is 47.1 Å². The largest absolute Gasteiger partial charge is 0.493 e. The molecule has 3 aromatic rings. The van der Waals surface area contributed by atoms with E-state index in [9.17, 15) is 4.79 Å². The van der Waals surface area contributed by atoms with Gasteiger partial charge in [0.15, 0.2) is 22.3 Å². The number of hydrogen-bond acceptors (Lipinski definition) is 8. The molecule has 2 aromatic heterocycles. The topological polar surface area (TPSA) is 86.1 Å². The van der Waals surface area contributed by atoms with Crippen LogP contribution < -0.4 is 14.8 Å². The van der Waals surface area contributed by atoms with Gasteiger partial charge in [-0.2, -0.15) is 0 Å². The van der Waals surface area contributed by atoms with Gasteiger partial charge in [0.05, 0.1) is 51.9 Å². The van der Waals surface area contributed by atoms with Crippen LogP contribution in [0.1, 0.15) is 17.3 Å². The maximum absolute atomic E-state index is 12.7. The average molecular weight is 458 g/mol. The van der Waals surface area contributed by atoms with Crippen LogP contribution in [0.3, 0.4) is 0 Å². The fraction of sp³-hybridized carbons (Fsp3) is 0.391. The van der Waals surface area contributed by atoms with Crippen LogP contribution in [0.2, 0.25) is 0 Å². The summed E-state index contributed by atoms with van der Waals surface area (Å²) in [6.45, 7) is 3.42. The summed E-state index contributed by atoms with van der Waals surface area (Å²) in [7, 11) is 3.24. The minimum absolute atomic E-state index is 0.00299. The summed E-state index contributed by atoms with van der Waals surface area (Å²) >= 11 is 1.47. The van der Waals surface area contributed by atoms with Gasteiger partial charge in [0, 0.05) is 25.0 Å². The molecule has 0 saturated carbocycles. The zero-order valence-corrected chi connectivity index (χ0v) is 19.0. The van der Waals surface area contributed by atoms with E-state index in [1.54, 1.807) is 20.5 Å². The summed E-state index contributed by atoms with van der Waals surface area (Å²) in [6.07, 6.45) is 1.84. The first-order valence-corrected chi connectivity index (χ1v) is 11.3. The molecular weight excluding hydrogens is 430 g/mol. The van der Waals surface area contributed by atoms with E-state index < -0.39 is 0 Å². The lowest BCUT2D eigenvalue weighted by Gasteiger charge is -2.35.